The standard InChI is InChI=1S/C62H38N12/c1-5-20-39(21-6-1)55-65-56(40-22-7-2-8-23-40)68-59(67-55)73-51-36-18-30-45(53(51)71-49-34-15-13-32-47(49)63-61(71)73)43-28-17-29-44(38-43)46-31-19-37-52-54(46)72-50-35-16-14-33-48(50)64-62(72)74(52)60-69-57(41-24-9-3-10-25-41)66-58(70-60)42-26-11-4-12-27-42/h1-38H. The highest BCUT2D eigenvalue weighted by molar-refractivity contribution is 6.03. The molecule has 15 rings (SSSR count). The molecule has 0 radical (unpaired) electrons. The molecule has 74 heavy (non-hydrogen) atoms. The van der Waals surface area contributed by atoms with E-state index in [0.717, 1.165) is 88.6 Å². The second-order valence-electron chi connectivity index (χ2n) is 18.1. The number of aromatic nitrogens is 12. The molecule has 6 aromatic heterocycles. The van der Waals surface area contributed by atoms with Gasteiger partial charge in [0.2, 0.25) is 23.5 Å². The molecule has 12 nitrogen and oxygen atoms in total. The summed E-state index contributed by atoms with van der Waals surface area (Å²) in [5, 5.41) is 0. The summed E-state index contributed by atoms with van der Waals surface area (Å²) in [5.74, 6) is 4.61. The fraction of sp³-hybridized carbons (Fsp3) is 0. The first-order valence-electron chi connectivity index (χ1n) is 24.4. The van der Waals surface area contributed by atoms with Gasteiger partial charge in [-0.15, -0.1) is 0 Å². The van der Waals surface area contributed by atoms with Crippen molar-refractivity contribution in [3.05, 3.63) is 231 Å². The predicted octanol–water partition coefficient (Wildman–Crippen LogP) is 13.5. The molecule has 0 aliphatic carbocycles. The lowest BCUT2D eigenvalue weighted by molar-refractivity contribution is 0.937. The molecule has 6 heterocycles. The van der Waals surface area contributed by atoms with Crippen LogP contribution in [0.2, 0.25) is 0 Å². The molecule has 0 spiro atoms. The Morgan fingerprint density at radius 2 is 0.554 bits per heavy atom. The highest BCUT2D eigenvalue weighted by Crippen LogP contribution is 2.40. The maximum atomic E-state index is 5.29. The third-order valence-corrected chi connectivity index (χ3v) is 13.7. The summed E-state index contributed by atoms with van der Waals surface area (Å²) in [4.78, 5) is 41.4. The zero-order chi connectivity index (χ0) is 48.7. The number of hydrogen-bond donors (Lipinski definition) is 0. The van der Waals surface area contributed by atoms with Gasteiger partial charge in [0, 0.05) is 33.4 Å². The molecule has 0 amide bonds. The fourth-order valence-corrected chi connectivity index (χ4v) is 10.4. The molecule has 0 saturated carbocycles. The van der Waals surface area contributed by atoms with Gasteiger partial charge in [-0.25, -0.2) is 29.1 Å². The van der Waals surface area contributed by atoms with Crippen molar-refractivity contribution in [2.75, 3.05) is 0 Å². The fourth-order valence-electron chi connectivity index (χ4n) is 10.4. The van der Waals surface area contributed by atoms with Crippen LogP contribution < -0.4 is 0 Å². The maximum Gasteiger partial charge on any atom is 0.241 e. The second kappa shape index (κ2) is 16.6. The number of imidazole rings is 4. The minimum atomic E-state index is 0.469. The van der Waals surface area contributed by atoms with Crippen LogP contribution in [-0.2, 0) is 0 Å². The lowest BCUT2D eigenvalue weighted by Gasteiger charge is -2.11. The molecule has 0 atom stereocenters. The third-order valence-electron chi connectivity index (χ3n) is 13.7. The zero-order valence-electron chi connectivity index (χ0n) is 39.3. The first kappa shape index (κ1) is 41.3. The van der Waals surface area contributed by atoms with Crippen molar-refractivity contribution in [2.24, 2.45) is 0 Å². The molecule has 0 unspecified atom stereocenters. The van der Waals surface area contributed by atoms with Gasteiger partial charge < -0.3 is 0 Å². The molecule has 0 aliphatic heterocycles. The number of fused-ring (bicyclic) bond motifs is 10. The van der Waals surface area contributed by atoms with E-state index >= 15 is 0 Å². The Hall–Kier alpha value is -10.5. The lowest BCUT2D eigenvalue weighted by atomic mass is 9.97. The van der Waals surface area contributed by atoms with E-state index in [0.29, 0.717) is 46.7 Å². The first-order valence-corrected chi connectivity index (χ1v) is 24.4. The van der Waals surface area contributed by atoms with Crippen LogP contribution in [0.1, 0.15) is 0 Å². The van der Waals surface area contributed by atoms with Crippen LogP contribution >= 0.6 is 0 Å². The Morgan fingerprint density at radius 1 is 0.243 bits per heavy atom. The highest BCUT2D eigenvalue weighted by Gasteiger charge is 2.26. The van der Waals surface area contributed by atoms with Gasteiger partial charge >= 0.3 is 0 Å². The smallest absolute Gasteiger partial charge is 0.241 e. The number of para-hydroxylation sites is 6. The average Bonchev–Trinajstić information content (AvgIpc) is 4.23. The third kappa shape index (κ3) is 6.55. The molecule has 0 fully saturated rings. The monoisotopic (exact) mass is 950 g/mol. The predicted molar refractivity (Wildman–Crippen MR) is 292 cm³/mol. The summed E-state index contributed by atoms with van der Waals surface area (Å²) in [6.07, 6.45) is 0. The number of hydrogen-bond acceptors (Lipinski definition) is 8. The van der Waals surface area contributed by atoms with Crippen molar-refractivity contribution < 1.29 is 0 Å². The number of nitrogens with zero attached hydrogens (tertiary/aromatic N) is 12. The van der Waals surface area contributed by atoms with Crippen LogP contribution in [0.4, 0.5) is 0 Å². The second-order valence-corrected chi connectivity index (χ2v) is 18.1. The van der Waals surface area contributed by atoms with Gasteiger partial charge in [-0.05, 0) is 53.6 Å². The van der Waals surface area contributed by atoms with Crippen LogP contribution in [0.3, 0.4) is 0 Å². The summed E-state index contributed by atoms with van der Waals surface area (Å²) < 4.78 is 8.62. The zero-order valence-corrected chi connectivity index (χ0v) is 39.3. The summed E-state index contributed by atoms with van der Waals surface area (Å²) in [6.45, 7) is 0. The SMILES string of the molecule is c1ccc(-c2nc(-c3ccccc3)nc(-n3c4cccc(-c5cccc(-c6cccc7c6n6c8ccccc8nc6n7-c6nc(-c7ccccc7)nc(-c7ccccc7)n6)c5)c4n4c5ccccc5nc34)n2)cc1. The van der Waals surface area contributed by atoms with Crippen LogP contribution in [0.15, 0.2) is 231 Å². The van der Waals surface area contributed by atoms with E-state index in [4.69, 9.17) is 39.9 Å². The van der Waals surface area contributed by atoms with E-state index in [1.165, 1.54) is 0 Å². The maximum absolute atomic E-state index is 5.29. The number of rotatable bonds is 8. The van der Waals surface area contributed by atoms with Gasteiger partial charge in [0.25, 0.3) is 0 Å². The Bertz CT molecular complexity index is 4250. The molecule has 0 aliphatic rings. The van der Waals surface area contributed by atoms with E-state index in [2.05, 4.69) is 115 Å². The van der Waals surface area contributed by atoms with Crippen LogP contribution in [0.25, 0.3) is 135 Å². The molecule has 346 valence electrons. The van der Waals surface area contributed by atoms with Crippen molar-refractivity contribution in [3.8, 4) is 79.7 Å². The van der Waals surface area contributed by atoms with Crippen LogP contribution in [0.5, 0.6) is 0 Å². The molecule has 0 bridgehead atoms. The molecule has 0 N–H and O–H groups in total. The summed E-state index contributed by atoms with van der Waals surface area (Å²) >= 11 is 0. The van der Waals surface area contributed by atoms with Gasteiger partial charge in [0.1, 0.15) is 0 Å². The van der Waals surface area contributed by atoms with Gasteiger partial charge in [0.05, 0.1) is 44.1 Å². The summed E-state index contributed by atoms with van der Waals surface area (Å²) in [5.41, 5.74) is 15.1. The van der Waals surface area contributed by atoms with Crippen molar-refractivity contribution >= 4 is 55.7 Å². The van der Waals surface area contributed by atoms with Crippen LogP contribution in [0, 0.1) is 0 Å². The quantitative estimate of drug-likeness (QED) is 0.148. The molecule has 0 saturated heterocycles. The number of benzene rings is 9. The normalized spacial score (nSPS) is 11.8. The van der Waals surface area contributed by atoms with E-state index in [1.807, 2.05) is 133 Å². The minimum Gasteiger partial charge on any atom is -0.275 e. The summed E-state index contributed by atoms with van der Waals surface area (Å²) in [6, 6.07) is 78.3. The van der Waals surface area contributed by atoms with Gasteiger partial charge in [-0.3, -0.25) is 8.80 Å². The van der Waals surface area contributed by atoms with Crippen molar-refractivity contribution in [1.29, 1.82) is 0 Å². The molecule has 9 aromatic carbocycles. The average molecular weight is 951 g/mol. The minimum absolute atomic E-state index is 0.469. The summed E-state index contributed by atoms with van der Waals surface area (Å²) in [7, 11) is 0. The topological polar surface area (TPSA) is 122 Å². The van der Waals surface area contributed by atoms with E-state index in [1.54, 1.807) is 0 Å². The van der Waals surface area contributed by atoms with Crippen LogP contribution in [-0.4, -0.2) is 57.8 Å². The largest absolute Gasteiger partial charge is 0.275 e. The molecular weight excluding hydrogens is 913 g/mol. The van der Waals surface area contributed by atoms with E-state index in [-0.39, 0.29) is 0 Å². The van der Waals surface area contributed by atoms with Crippen molar-refractivity contribution in [1.82, 2.24) is 57.8 Å². The Morgan fingerprint density at radius 3 is 0.932 bits per heavy atom. The Kier molecular flexibility index (Phi) is 9.26. The molecule has 12 heteroatoms. The Labute approximate surface area is 421 Å². The molecular formula is C62H38N12. The Balaban J connectivity index is 0.957. The van der Waals surface area contributed by atoms with E-state index < -0.39 is 0 Å². The van der Waals surface area contributed by atoms with Gasteiger partial charge in [0.15, 0.2) is 23.3 Å². The first-order chi connectivity index (χ1) is 36.7. The van der Waals surface area contributed by atoms with Crippen molar-refractivity contribution in [3.63, 3.8) is 0 Å². The molecule has 15 aromatic rings. The van der Waals surface area contributed by atoms with E-state index in [9.17, 15) is 0 Å². The lowest BCUT2D eigenvalue weighted by Crippen LogP contribution is -2.07. The highest BCUT2D eigenvalue weighted by atomic mass is 15.3. The van der Waals surface area contributed by atoms with Gasteiger partial charge in [-0.1, -0.05) is 188 Å². The van der Waals surface area contributed by atoms with Gasteiger partial charge in [-0.2, -0.15) is 19.9 Å². The van der Waals surface area contributed by atoms with Crippen molar-refractivity contribution in [2.45, 2.75) is 0 Å².